The van der Waals surface area contributed by atoms with E-state index in [1.807, 2.05) is 0 Å². The van der Waals surface area contributed by atoms with Crippen LogP contribution in [0.1, 0.15) is 55.6 Å². The molecule has 1 saturated carbocycles. The van der Waals surface area contributed by atoms with Gasteiger partial charge in [-0.05, 0) is 61.0 Å². The molecule has 0 amide bonds. The van der Waals surface area contributed by atoms with E-state index in [-0.39, 0.29) is 11.2 Å². The molecule has 6 nitrogen and oxygen atoms in total. The van der Waals surface area contributed by atoms with Crippen LogP contribution in [0.15, 0.2) is 54.6 Å². The van der Waals surface area contributed by atoms with Gasteiger partial charge in [-0.1, -0.05) is 55.7 Å². The monoisotopic (exact) mass is 449 g/mol. The van der Waals surface area contributed by atoms with Crippen LogP contribution in [0.2, 0.25) is 5.28 Å². The molecule has 166 valence electrons. The van der Waals surface area contributed by atoms with Crippen LogP contribution in [0.5, 0.6) is 11.6 Å². The van der Waals surface area contributed by atoms with E-state index in [2.05, 4.69) is 63.1 Å². The summed E-state index contributed by atoms with van der Waals surface area (Å²) in [6, 6.07) is 10.0. The zero-order valence-electron chi connectivity index (χ0n) is 18.1. The molecule has 7 heteroatoms. The highest BCUT2D eigenvalue weighted by molar-refractivity contribution is 6.28. The van der Waals surface area contributed by atoms with Crippen LogP contribution in [-0.2, 0) is 6.54 Å². The molecule has 1 fully saturated rings. The first kappa shape index (κ1) is 21.2. The highest BCUT2D eigenvalue weighted by Gasteiger charge is 2.17. The van der Waals surface area contributed by atoms with Crippen LogP contribution in [0, 0.1) is 5.92 Å². The smallest absolute Gasteiger partial charge is 0.246 e. The van der Waals surface area contributed by atoms with Gasteiger partial charge in [-0.3, -0.25) is 0 Å². The SMILES string of the molecule is Clc1nnc2ccc(Oc3ccc(CNCC4CCCCC4)cc3C3C=CC=CC3)nn12. The van der Waals surface area contributed by atoms with Gasteiger partial charge >= 0.3 is 0 Å². The molecule has 1 unspecified atom stereocenters. The van der Waals surface area contributed by atoms with Gasteiger partial charge in [0.2, 0.25) is 11.2 Å². The molecule has 0 spiro atoms. The van der Waals surface area contributed by atoms with Gasteiger partial charge in [0, 0.05) is 24.1 Å². The minimum atomic E-state index is 0.213. The summed E-state index contributed by atoms with van der Waals surface area (Å²) < 4.78 is 7.70. The van der Waals surface area contributed by atoms with Crippen LogP contribution in [0.4, 0.5) is 0 Å². The van der Waals surface area contributed by atoms with E-state index in [1.54, 1.807) is 12.1 Å². The Bertz CT molecular complexity index is 1130. The van der Waals surface area contributed by atoms with E-state index in [0.717, 1.165) is 31.2 Å². The Labute approximate surface area is 193 Å². The van der Waals surface area contributed by atoms with E-state index < -0.39 is 0 Å². The van der Waals surface area contributed by atoms with Crippen LogP contribution in [-0.4, -0.2) is 26.4 Å². The van der Waals surface area contributed by atoms with Gasteiger partial charge in [0.05, 0.1) is 0 Å². The number of allylic oxidation sites excluding steroid dienone is 4. The molecule has 2 heterocycles. The maximum absolute atomic E-state index is 6.23. The van der Waals surface area contributed by atoms with Gasteiger partial charge in [-0.25, -0.2) is 0 Å². The molecule has 1 aromatic carbocycles. The second-order valence-corrected chi connectivity index (χ2v) is 9.01. The van der Waals surface area contributed by atoms with E-state index in [1.165, 1.54) is 47.7 Å². The van der Waals surface area contributed by atoms with E-state index in [9.17, 15) is 0 Å². The minimum Gasteiger partial charge on any atom is -0.437 e. The quantitative estimate of drug-likeness (QED) is 0.490. The molecular formula is C25H28ClN5O. The first-order valence-electron chi connectivity index (χ1n) is 11.5. The van der Waals surface area contributed by atoms with Crippen LogP contribution in [0.3, 0.4) is 0 Å². The summed E-state index contributed by atoms with van der Waals surface area (Å²) in [7, 11) is 0. The maximum Gasteiger partial charge on any atom is 0.246 e. The summed E-state index contributed by atoms with van der Waals surface area (Å²) in [5.41, 5.74) is 3.03. The van der Waals surface area contributed by atoms with Crippen LogP contribution in [0.25, 0.3) is 5.65 Å². The van der Waals surface area contributed by atoms with Crippen molar-refractivity contribution in [2.75, 3.05) is 6.54 Å². The van der Waals surface area contributed by atoms with Gasteiger partial charge in [0.25, 0.3) is 0 Å². The summed E-state index contributed by atoms with van der Waals surface area (Å²) in [6.07, 6.45) is 16.5. The molecule has 2 aliphatic carbocycles. The molecule has 1 N–H and O–H groups in total. The number of benzene rings is 1. The van der Waals surface area contributed by atoms with Crippen molar-refractivity contribution in [2.45, 2.75) is 51.0 Å². The summed E-state index contributed by atoms with van der Waals surface area (Å²) in [6.45, 7) is 1.97. The van der Waals surface area contributed by atoms with Crippen LogP contribution >= 0.6 is 11.6 Å². The van der Waals surface area contributed by atoms with Gasteiger partial charge in [-0.2, -0.15) is 4.52 Å². The Morgan fingerprint density at radius 2 is 1.97 bits per heavy atom. The molecule has 5 rings (SSSR count). The lowest BCUT2D eigenvalue weighted by Crippen LogP contribution is -2.24. The number of aromatic nitrogens is 4. The summed E-state index contributed by atoms with van der Waals surface area (Å²) in [5, 5.41) is 16.1. The van der Waals surface area contributed by atoms with Gasteiger partial charge < -0.3 is 10.1 Å². The van der Waals surface area contributed by atoms with Crippen molar-refractivity contribution >= 4 is 17.2 Å². The largest absolute Gasteiger partial charge is 0.437 e. The summed E-state index contributed by atoms with van der Waals surface area (Å²) in [4.78, 5) is 0. The van der Waals surface area contributed by atoms with Crippen molar-refractivity contribution in [3.8, 4) is 11.6 Å². The van der Waals surface area contributed by atoms with E-state index in [4.69, 9.17) is 16.3 Å². The number of hydrogen-bond donors (Lipinski definition) is 1. The highest BCUT2D eigenvalue weighted by Crippen LogP contribution is 2.35. The molecule has 0 bridgehead atoms. The maximum atomic E-state index is 6.23. The molecule has 0 aliphatic heterocycles. The van der Waals surface area contributed by atoms with Crippen molar-refractivity contribution in [2.24, 2.45) is 5.92 Å². The first-order chi connectivity index (χ1) is 15.8. The lowest BCUT2D eigenvalue weighted by atomic mass is 9.89. The number of hydrogen-bond acceptors (Lipinski definition) is 5. The second kappa shape index (κ2) is 9.84. The van der Waals surface area contributed by atoms with Gasteiger partial charge in [-0.15, -0.1) is 15.3 Å². The van der Waals surface area contributed by atoms with E-state index >= 15 is 0 Å². The minimum absolute atomic E-state index is 0.213. The average molecular weight is 450 g/mol. The third-order valence-electron chi connectivity index (χ3n) is 6.36. The Balaban J connectivity index is 1.35. The topological polar surface area (TPSA) is 64.3 Å². The van der Waals surface area contributed by atoms with E-state index in [0.29, 0.717) is 11.5 Å². The molecule has 2 aliphatic rings. The Hall–Kier alpha value is -2.70. The molecule has 32 heavy (non-hydrogen) atoms. The zero-order chi connectivity index (χ0) is 21.8. The average Bonchev–Trinajstić information content (AvgIpc) is 3.21. The standard InChI is InChI=1S/C25H28ClN5O/c26-25-29-28-23-13-14-24(30-31(23)25)32-22-12-11-19(15-21(22)20-9-5-2-6-10-20)17-27-16-18-7-3-1-4-8-18/h2,5-6,9,11-15,18,20,27H,1,3-4,7-8,10,16-17H2. The van der Waals surface area contributed by atoms with Crippen molar-refractivity contribution in [3.05, 3.63) is 71.0 Å². The number of nitrogens with zero attached hydrogens (tertiary/aromatic N) is 4. The molecule has 3 aromatic rings. The van der Waals surface area contributed by atoms with Crippen molar-refractivity contribution in [1.29, 1.82) is 0 Å². The molecule has 2 aromatic heterocycles. The van der Waals surface area contributed by atoms with Crippen molar-refractivity contribution < 1.29 is 4.74 Å². The predicted octanol–water partition coefficient (Wildman–Crippen LogP) is 5.84. The lowest BCUT2D eigenvalue weighted by Gasteiger charge is -2.22. The Morgan fingerprint density at radius 1 is 1.06 bits per heavy atom. The number of fused-ring (bicyclic) bond motifs is 1. The Morgan fingerprint density at radius 3 is 2.81 bits per heavy atom. The molecular weight excluding hydrogens is 422 g/mol. The van der Waals surface area contributed by atoms with Crippen LogP contribution < -0.4 is 10.1 Å². The van der Waals surface area contributed by atoms with Crippen molar-refractivity contribution in [3.63, 3.8) is 0 Å². The number of rotatable bonds is 7. The third kappa shape index (κ3) is 4.87. The third-order valence-corrected chi connectivity index (χ3v) is 6.59. The summed E-state index contributed by atoms with van der Waals surface area (Å²) >= 11 is 6.07. The number of nitrogens with one attached hydrogen (secondary N) is 1. The molecule has 1 atom stereocenters. The fourth-order valence-electron chi connectivity index (χ4n) is 4.63. The number of halogens is 1. The second-order valence-electron chi connectivity index (χ2n) is 8.68. The number of ether oxygens (including phenoxy) is 1. The summed E-state index contributed by atoms with van der Waals surface area (Å²) in [5.74, 6) is 2.36. The first-order valence-corrected chi connectivity index (χ1v) is 11.9. The van der Waals surface area contributed by atoms with Gasteiger partial charge in [0.1, 0.15) is 5.75 Å². The van der Waals surface area contributed by atoms with Crippen molar-refractivity contribution in [1.82, 2.24) is 25.1 Å². The zero-order valence-corrected chi connectivity index (χ0v) is 18.8. The normalized spacial score (nSPS) is 19.0. The fourth-order valence-corrected chi connectivity index (χ4v) is 4.79. The molecule has 0 radical (unpaired) electrons. The predicted molar refractivity (Wildman–Crippen MR) is 126 cm³/mol. The highest BCUT2D eigenvalue weighted by atomic mass is 35.5. The molecule has 0 saturated heterocycles. The van der Waals surface area contributed by atoms with Gasteiger partial charge in [0.15, 0.2) is 5.65 Å². The lowest BCUT2D eigenvalue weighted by molar-refractivity contribution is 0.342. The fraction of sp³-hybridized carbons (Fsp3) is 0.400. The Kier molecular flexibility index (Phi) is 6.51.